The first-order valence-corrected chi connectivity index (χ1v) is 9.27. The minimum Gasteiger partial charge on any atom is -0.497 e. The molecule has 3 aromatic rings. The van der Waals surface area contributed by atoms with Crippen LogP contribution in [0.15, 0.2) is 70.7 Å². The average Bonchev–Trinajstić information content (AvgIpc) is 2.68. The maximum absolute atomic E-state index is 12.6. The van der Waals surface area contributed by atoms with E-state index < -0.39 is 0 Å². The van der Waals surface area contributed by atoms with Gasteiger partial charge >= 0.3 is 0 Å². The molecule has 1 N–H and O–H groups in total. The summed E-state index contributed by atoms with van der Waals surface area (Å²) >= 11 is 1.11. The van der Waals surface area contributed by atoms with E-state index >= 15 is 0 Å². The van der Waals surface area contributed by atoms with Crippen LogP contribution < -0.4 is 15.6 Å². The molecule has 0 aliphatic carbocycles. The normalized spacial score (nSPS) is 10.4. The highest BCUT2D eigenvalue weighted by molar-refractivity contribution is 7.99. The number of methoxy groups -OCH3 is 1. The first-order valence-electron chi connectivity index (χ1n) is 8.28. The predicted octanol–water partition coefficient (Wildman–Crippen LogP) is 3.28. The van der Waals surface area contributed by atoms with E-state index in [9.17, 15) is 9.59 Å². The second-order valence-electron chi connectivity index (χ2n) is 5.81. The molecule has 138 valence electrons. The third-order valence-electron chi connectivity index (χ3n) is 3.81. The molecule has 0 aliphatic heterocycles. The lowest BCUT2D eigenvalue weighted by Gasteiger charge is -2.08. The highest BCUT2D eigenvalue weighted by atomic mass is 32.2. The zero-order valence-electron chi connectivity index (χ0n) is 15.0. The van der Waals surface area contributed by atoms with Crippen LogP contribution in [0.3, 0.4) is 0 Å². The number of carbonyl (C=O) groups excluding carboxylic acids is 1. The van der Waals surface area contributed by atoms with Crippen molar-refractivity contribution in [3.63, 3.8) is 0 Å². The van der Waals surface area contributed by atoms with Gasteiger partial charge in [0, 0.05) is 29.8 Å². The van der Waals surface area contributed by atoms with Crippen molar-refractivity contribution in [2.24, 2.45) is 0 Å². The van der Waals surface area contributed by atoms with Gasteiger partial charge in [0.2, 0.25) is 5.91 Å². The molecule has 0 saturated heterocycles. The second-order valence-corrected chi connectivity index (χ2v) is 6.78. The highest BCUT2D eigenvalue weighted by Gasteiger charge is 2.10. The van der Waals surface area contributed by atoms with E-state index in [-0.39, 0.29) is 22.2 Å². The maximum Gasteiger partial charge on any atom is 0.287 e. The second kappa shape index (κ2) is 8.55. The van der Waals surface area contributed by atoms with Crippen LogP contribution in [-0.2, 0) is 4.79 Å². The van der Waals surface area contributed by atoms with Crippen molar-refractivity contribution in [2.45, 2.75) is 11.9 Å². The number of hydrogen-bond acceptors (Lipinski definition) is 5. The molecule has 0 spiro atoms. The third-order valence-corrected chi connectivity index (χ3v) is 4.77. The van der Waals surface area contributed by atoms with Gasteiger partial charge in [0.1, 0.15) is 5.75 Å². The predicted molar refractivity (Wildman–Crippen MR) is 107 cm³/mol. The smallest absolute Gasteiger partial charge is 0.287 e. The van der Waals surface area contributed by atoms with E-state index in [2.05, 4.69) is 10.3 Å². The summed E-state index contributed by atoms with van der Waals surface area (Å²) in [4.78, 5) is 28.9. The molecular formula is C20H19N3O3S. The Morgan fingerprint density at radius 2 is 2.00 bits per heavy atom. The Hall–Kier alpha value is -3.06. The van der Waals surface area contributed by atoms with Crippen LogP contribution >= 0.6 is 11.8 Å². The molecule has 0 saturated carbocycles. The summed E-state index contributed by atoms with van der Waals surface area (Å²) in [6.07, 6.45) is 3.18. The van der Waals surface area contributed by atoms with Gasteiger partial charge in [-0.2, -0.15) is 0 Å². The lowest BCUT2D eigenvalue weighted by Crippen LogP contribution is -2.22. The number of amides is 1. The Balaban J connectivity index is 1.69. The third kappa shape index (κ3) is 4.77. The molecule has 7 heteroatoms. The molecule has 0 fully saturated rings. The molecule has 1 heterocycles. The van der Waals surface area contributed by atoms with E-state index in [1.807, 2.05) is 31.2 Å². The Morgan fingerprint density at radius 3 is 2.74 bits per heavy atom. The minimum absolute atomic E-state index is 0.0807. The van der Waals surface area contributed by atoms with Gasteiger partial charge in [-0.05, 0) is 31.2 Å². The number of hydrogen-bond donors (Lipinski definition) is 1. The number of carbonyl (C=O) groups is 1. The van der Waals surface area contributed by atoms with Crippen molar-refractivity contribution >= 4 is 23.4 Å². The molecule has 2 aromatic carbocycles. The zero-order valence-corrected chi connectivity index (χ0v) is 15.8. The Kier molecular flexibility index (Phi) is 5.93. The molecule has 1 aromatic heterocycles. The monoisotopic (exact) mass is 381 g/mol. The van der Waals surface area contributed by atoms with Crippen LogP contribution in [0.2, 0.25) is 0 Å². The molecule has 0 bridgehead atoms. The van der Waals surface area contributed by atoms with Gasteiger partial charge in [-0.25, -0.2) is 4.98 Å². The van der Waals surface area contributed by atoms with Crippen LogP contribution in [0.25, 0.3) is 5.69 Å². The number of nitrogens with zero attached hydrogens (tertiary/aromatic N) is 2. The van der Waals surface area contributed by atoms with Gasteiger partial charge in [0.25, 0.3) is 5.56 Å². The van der Waals surface area contributed by atoms with Crippen molar-refractivity contribution in [1.29, 1.82) is 0 Å². The van der Waals surface area contributed by atoms with E-state index in [1.54, 1.807) is 43.8 Å². The van der Waals surface area contributed by atoms with Gasteiger partial charge in [0.15, 0.2) is 5.03 Å². The average molecular weight is 381 g/mol. The fourth-order valence-corrected chi connectivity index (χ4v) is 3.13. The van der Waals surface area contributed by atoms with Gasteiger partial charge in [-0.1, -0.05) is 35.5 Å². The van der Waals surface area contributed by atoms with Crippen LogP contribution in [0.1, 0.15) is 5.56 Å². The van der Waals surface area contributed by atoms with Gasteiger partial charge in [-0.15, -0.1) is 0 Å². The van der Waals surface area contributed by atoms with Crippen LogP contribution in [0.5, 0.6) is 5.75 Å². The number of aryl methyl sites for hydroxylation is 1. The van der Waals surface area contributed by atoms with E-state index in [4.69, 9.17) is 4.74 Å². The van der Waals surface area contributed by atoms with Crippen molar-refractivity contribution in [3.05, 3.63) is 76.8 Å². The molecule has 27 heavy (non-hydrogen) atoms. The van der Waals surface area contributed by atoms with Crippen molar-refractivity contribution < 1.29 is 9.53 Å². The van der Waals surface area contributed by atoms with Crippen molar-refractivity contribution in [1.82, 2.24) is 9.55 Å². The first kappa shape index (κ1) is 18.7. The summed E-state index contributed by atoms with van der Waals surface area (Å²) in [5.74, 6) is 0.517. The van der Waals surface area contributed by atoms with E-state index in [1.165, 1.54) is 4.57 Å². The lowest BCUT2D eigenvalue weighted by atomic mass is 10.2. The number of anilines is 1. The Labute approximate surface area is 161 Å². The number of ether oxygens (including phenoxy) is 1. The van der Waals surface area contributed by atoms with Crippen molar-refractivity contribution in [2.75, 3.05) is 18.2 Å². The zero-order chi connectivity index (χ0) is 19.2. The number of aromatic nitrogens is 2. The minimum atomic E-state index is -0.250. The molecule has 0 atom stereocenters. The van der Waals surface area contributed by atoms with Gasteiger partial charge < -0.3 is 10.1 Å². The fraction of sp³-hybridized carbons (Fsp3) is 0.150. The van der Waals surface area contributed by atoms with Gasteiger partial charge in [-0.3, -0.25) is 14.2 Å². The SMILES string of the molecule is COc1cccc(NC(=O)CSc2nccn(-c3ccc(C)cc3)c2=O)c1. The number of thioether (sulfide) groups is 1. The topological polar surface area (TPSA) is 73.2 Å². The molecule has 6 nitrogen and oxygen atoms in total. The molecule has 0 aliphatic rings. The van der Waals surface area contributed by atoms with Gasteiger partial charge in [0.05, 0.1) is 12.9 Å². The number of nitrogens with one attached hydrogen (secondary N) is 1. The van der Waals surface area contributed by atoms with Crippen LogP contribution in [-0.4, -0.2) is 28.3 Å². The summed E-state index contributed by atoms with van der Waals surface area (Å²) in [5.41, 5.74) is 2.26. The summed E-state index contributed by atoms with van der Waals surface area (Å²) in [6, 6.07) is 14.7. The van der Waals surface area contributed by atoms with Crippen LogP contribution in [0, 0.1) is 6.92 Å². The van der Waals surface area contributed by atoms with E-state index in [0.29, 0.717) is 11.4 Å². The number of benzene rings is 2. The van der Waals surface area contributed by atoms with E-state index in [0.717, 1.165) is 23.0 Å². The Bertz CT molecular complexity index is 1000. The summed E-state index contributed by atoms with van der Waals surface area (Å²) in [5, 5.41) is 3.06. The standard InChI is InChI=1S/C20H19N3O3S/c1-14-6-8-16(9-7-14)23-11-10-21-19(20(23)25)27-13-18(24)22-15-4-3-5-17(12-15)26-2/h3-12H,13H2,1-2H3,(H,22,24). The molecule has 0 radical (unpaired) electrons. The molecular weight excluding hydrogens is 362 g/mol. The first-order chi connectivity index (χ1) is 13.1. The van der Waals surface area contributed by atoms with Crippen molar-refractivity contribution in [3.8, 4) is 11.4 Å². The fourth-order valence-electron chi connectivity index (χ4n) is 2.43. The molecule has 3 rings (SSSR count). The summed E-state index contributed by atoms with van der Waals surface area (Å²) < 4.78 is 6.66. The quantitative estimate of drug-likeness (QED) is 0.664. The van der Waals surface area contributed by atoms with Crippen LogP contribution in [0.4, 0.5) is 5.69 Å². The summed E-state index contributed by atoms with van der Waals surface area (Å²) in [6.45, 7) is 1.99. The Morgan fingerprint density at radius 1 is 1.22 bits per heavy atom. The maximum atomic E-state index is 12.6. The largest absolute Gasteiger partial charge is 0.497 e. The number of rotatable bonds is 6. The lowest BCUT2D eigenvalue weighted by molar-refractivity contribution is -0.113. The molecule has 1 amide bonds. The molecule has 0 unspecified atom stereocenters. The summed E-state index contributed by atoms with van der Waals surface area (Å²) in [7, 11) is 1.57. The highest BCUT2D eigenvalue weighted by Crippen LogP contribution is 2.18.